The monoisotopic (exact) mass is 375 g/mol. The summed E-state index contributed by atoms with van der Waals surface area (Å²) in [5.74, 6) is 1.68. The molecule has 0 aromatic rings. The molecule has 0 aromatic carbocycles. The van der Waals surface area contributed by atoms with Crippen molar-refractivity contribution < 1.29 is 9.59 Å². The first-order valence-electron chi connectivity index (χ1n) is 8.75. The lowest BCUT2D eigenvalue weighted by molar-refractivity contribution is -0.144. The molecule has 3 unspecified atom stereocenters. The zero-order valence-corrected chi connectivity index (χ0v) is 16.5. The van der Waals surface area contributed by atoms with Gasteiger partial charge >= 0.3 is 0 Å². The van der Waals surface area contributed by atoms with Crippen LogP contribution in [0.25, 0.3) is 0 Å². The molecule has 3 aliphatic rings. The van der Waals surface area contributed by atoms with Gasteiger partial charge in [-0.1, -0.05) is 20.8 Å². The van der Waals surface area contributed by atoms with Crippen LogP contribution in [0.5, 0.6) is 0 Å². The Kier molecular flexibility index (Phi) is 6.48. The van der Waals surface area contributed by atoms with Gasteiger partial charge in [-0.05, 0) is 24.7 Å². The lowest BCUT2D eigenvalue weighted by Crippen LogP contribution is -2.51. The summed E-state index contributed by atoms with van der Waals surface area (Å²) in [5.41, 5.74) is -0.0381. The van der Waals surface area contributed by atoms with Crippen LogP contribution in [0.1, 0.15) is 46.5 Å². The van der Waals surface area contributed by atoms with Gasteiger partial charge in [0.25, 0.3) is 0 Å². The van der Waals surface area contributed by atoms with Gasteiger partial charge < -0.3 is 15.1 Å². The number of nitrogens with one attached hydrogen (secondary N) is 1. The third-order valence-electron chi connectivity index (χ3n) is 5.00. The van der Waals surface area contributed by atoms with Crippen LogP contribution in [0.3, 0.4) is 0 Å². The Bertz CT molecular complexity index is 483. The van der Waals surface area contributed by atoms with E-state index in [-0.39, 0.29) is 35.7 Å². The van der Waals surface area contributed by atoms with Crippen LogP contribution in [0.2, 0.25) is 0 Å². The quantitative estimate of drug-likeness (QED) is 0.803. The minimum absolute atomic E-state index is 0. The predicted octanol–water partition coefficient (Wildman–Crippen LogP) is 2.10. The Morgan fingerprint density at radius 3 is 2.58 bits per heavy atom. The summed E-state index contributed by atoms with van der Waals surface area (Å²) in [6, 6.07) is 0.764. The van der Waals surface area contributed by atoms with E-state index < -0.39 is 0 Å². The summed E-state index contributed by atoms with van der Waals surface area (Å²) in [7, 11) is 0. The summed E-state index contributed by atoms with van der Waals surface area (Å²) >= 11 is 1.70. The molecule has 3 saturated heterocycles. The number of carbonyl (C=O) groups excluding carboxylic acids is 2. The van der Waals surface area contributed by atoms with E-state index in [0.717, 1.165) is 25.3 Å². The second-order valence-corrected chi connectivity index (χ2v) is 9.33. The number of likely N-dealkylation sites (tertiary alicyclic amines) is 1. The first-order chi connectivity index (χ1) is 10.8. The minimum atomic E-state index is -0.258. The van der Waals surface area contributed by atoms with Crippen LogP contribution in [0.15, 0.2) is 0 Å². The molecular formula is C17H30ClN3O2S. The lowest BCUT2D eigenvalue weighted by Gasteiger charge is -2.32. The number of hydrogen-bond donors (Lipinski definition) is 1. The van der Waals surface area contributed by atoms with E-state index in [9.17, 15) is 9.59 Å². The van der Waals surface area contributed by atoms with Gasteiger partial charge in [0.2, 0.25) is 11.8 Å². The molecule has 3 aliphatic heterocycles. The summed E-state index contributed by atoms with van der Waals surface area (Å²) in [6.07, 6.45) is 3.95. The van der Waals surface area contributed by atoms with Gasteiger partial charge in [-0.25, -0.2) is 0 Å². The van der Waals surface area contributed by atoms with Gasteiger partial charge in [-0.15, -0.1) is 24.2 Å². The van der Waals surface area contributed by atoms with Crippen molar-refractivity contribution >= 4 is 36.0 Å². The molecule has 0 radical (unpaired) electrons. The maximum atomic E-state index is 13.0. The Morgan fingerprint density at radius 1 is 1.17 bits per heavy atom. The van der Waals surface area contributed by atoms with Crippen molar-refractivity contribution in [3.8, 4) is 0 Å². The van der Waals surface area contributed by atoms with Crippen molar-refractivity contribution in [1.82, 2.24) is 15.1 Å². The second-order valence-electron chi connectivity index (χ2n) is 8.33. The van der Waals surface area contributed by atoms with E-state index in [2.05, 4.69) is 26.1 Å². The standard InChI is InChI=1S/C17H29N3O2S.ClH/c1-17(2,3)8-15(21)20-11-23-10-14(20)16(22)19-7-6-12-4-5-13(9-19)18-12;/h12-14,18H,4-11H2,1-3H3;1H. The van der Waals surface area contributed by atoms with E-state index >= 15 is 0 Å². The van der Waals surface area contributed by atoms with Crippen LogP contribution < -0.4 is 5.32 Å². The molecule has 3 heterocycles. The number of fused-ring (bicyclic) bond motifs is 2. The van der Waals surface area contributed by atoms with Gasteiger partial charge in [0.15, 0.2) is 0 Å². The molecule has 3 atom stereocenters. The van der Waals surface area contributed by atoms with Gasteiger partial charge in [0, 0.05) is 37.3 Å². The van der Waals surface area contributed by atoms with Crippen molar-refractivity contribution in [2.24, 2.45) is 5.41 Å². The van der Waals surface area contributed by atoms with Crippen molar-refractivity contribution in [3.63, 3.8) is 0 Å². The summed E-state index contributed by atoms with van der Waals surface area (Å²) < 4.78 is 0. The molecule has 1 N–H and O–H groups in total. The van der Waals surface area contributed by atoms with E-state index in [4.69, 9.17) is 0 Å². The first kappa shape index (κ1) is 19.9. The minimum Gasteiger partial charge on any atom is -0.339 e. The van der Waals surface area contributed by atoms with E-state index in [1.54, 1.807) is 11.8 Å². The third kappa shape index (κ3) is 4.58. The zero-order valence-electron chi connectivity index (χ0n) is 14.9. The maximum absolute atomic E-state index is 13.0. The topological polar surface area (TPSA) is 52.7 Å². The van der Waals surface area contributed by atoms with Crippen LogP contribution >= 0.6 is 24.2 Å². The molecular weight excluding hydrogens is 346 g/mol. The molecule has 0 spiro atoms. The number of hydrogen-bond acceptors (Lipinski definition) is 4. The molecule has 0 aliphatic carbocycles. The van der Waals surface area contributed by atoms with Gasteiger partial charge in [-0.2, -0.15) is 0 Å². The molecule has 138 valence electrons. The van der Waals surface area contributed by atoms with Crippen LogP contribution in [0, 0.1) is 5.41 Å². The molecule has 2 bridgehead atoms. The first-order valence-corrected chi connectivity index (χ1v) is 9.91. The van der Waals surface area contributed by atoms with Crippen LogP contribution in [0.4, 0.5) is 0 Å². The van der Waals surface area contributed by atoms with Gasteiger partial charge in [-0.3, -0.25) is 9.59 Å². The Morgan fingerprint density at radius 2 is 1.88 bits per heavy atom. The number of carbonyl (C=O) groups is 2. The van der Waals surface area contributed by atoms with Crippen LogP contribution in [-0.4, -0.2) is 64.5 Å². The van der Waals surface area contributed by atoms with E-state index in [1.165, 1.54) is 12.8 Å². The fourth-order valence-corrected chi connectivity index (χ4v) is 4.97. The van der Waals surface area contributed by atoms with Crippen molar-refractivity contribution in [2.75, 3.05) is 24.7 Å². The Balaban J connectivity index is 0.00000208. The highest BCUT2D eigenvalue weighted by molar-refractivity contribution is 7.99. The van der Waals surface area contributed by atoms with Crippen molar-refractivity contribution in [2.45, 2.75) is 64.6 Å². The predicted molar refractivity (Wildman–Crippen MR) is 100 cm³/mol. The second kappa shape index (κ2) is 7.83. The molecule has 0 saturated carbocycles. The van der Waals surface area contributed by atoms with Gasteiger partial charge in [0.1, 0.15) is 6.04 Å². The van der Waals surface area contributed by atoms with Crippen molar-refractivity contribution in [3.05, 3.63) is 0 Å². The highest BCUT2D eigenvalue weighted by Gasteiger charge is 2.40. The smallest absolute Gasteiger partial charge is 0.246 e. The third-order valence-corrected chi connectivity index (χ3v) is 6.02. The lowest BCUT2D eigenvalue weighted by atomic mass is 9.91. The number of rotatable bonds is 2. The summed E-state index contributed by atoms with van der Waals surface area (Å²) in [6.45, 7) is 7.85. The number of thioether (sulfide) groups is 1. The molecule has 3 rings (SSSR count). The fourth-order valence-electron chi connectivity index (χ4n) is 3.80. The SMILES string of the molecule is CC(C)(C)CC(=O)N1CSCC1C(=O)N1CCC2CCC(C1)N2.Cl. The summed E-state index contributed by atoms with van der Waals surface area (Å²) in [5, 5.41) is 3.61. The van der Waals surface area contributed by atoms with Gasteiger partial charge in [0.05, 0.1) is 5.88 Å². The maximum Gasteiger partial charge on any atom is 0.246 e. The normalized spacial score (nSPS) is 30.0. The Hall–Kier alpha value is -0.460. The molecule has 2 amide bonds. The molecule has 0 aromatic heterocycles. The molecule has 3 fully saturated rings. The van der Waals surface area contributed by atoms with Crippen molar-refractivity contribution in [1.29, 1.82) is 0 Å². The molecule has 5 nitrogen and oxygen atoms in total. The molecule has 7 heteroatoms. The summed E-state index contributed by atoms with van der Waals surface area (Å²) in [4.78, 5) is 29.4. The number of amides is 2. The largest absolute Gasteiger partial charge is 0.339 e. The fraction of sp³-hybridized carbons (Fsp3) is 0.882. The average Bonchev–Trinajstić information content (AvgIpc) is 3.03. The zero-order chi connectivity index (χ0) is 16.6. The molecule has 24 heavy (non-hydrogen) atoms. The highest BCUT2D eigenvalue weighted by Crippen LogP contribution is 2.28. The number of halogens is 1. The van der Waals surface area contributed by atoms with Crippen LogP contribution in [-0.2, 0) is 9.59 Å². The number of nitrogens with zero attached hydrogens (tertiary/aromatic N) is 2. The average molecular weight is 376 g/mol. The van der Waals surface area contributed by atoms with E-state index in [1.807, 2.05) is 9.80 Å². The Labute approximate surface area is 155 Å². The highest BCUT2D eigenvalue weighted by atomic mass is 35.5. The van der Waals surface area contributed by atoms with E-state index in [0.29, 0.717) is 24.4 Å².